The molecule has 0 unspecified atom stereocenters. The number of fused-ring (bicyclic) bond motifs is 7. The Morgan fingerprint density at radius 3 is 2.42 bits per heavy atom. The number of nitrogens with one attached hydrogen (secondary N) is 1. The van der Waals surface area contributed by atoms with Gasteiger partial charge in [0.25, 0.3) is 0 Å². The lowest BCUT2D eigenvalue weighted by Gasteiger charge is -2.72. The molecule has 0 spiro atoms. The Morgan fingerprint density at radius 1 is 1.00 bits per heavy atom. The van der Waals surface area contributed by atoms with Gasteiger partial charge in [-0.15, -0.1) is 0 Å². The van der Waals surface area contributed by atoms with Crippen LogP contribution >= 0.6 is 0 Å². The van der Waals surface area contributed by atoms with Gasteiger partial charge in [-0.25, -0.2) is 4.98 Å². The third-order valence-electron chi connectivity index (χ3n) is 17.4. The van der Waals surface area contributed by atoms with E-state index in [1.165, 1.54) is 42.4 Å². The highest BCUT2D eigenvalue weighted by atomic mass is 16.5. The van der Waals surface area contributed by atoms with Crippen LogP contribution in [-0.4, -0.2) is 62.5 Å². The van der Waals surface area contributed by atoms with Gasteiger partial charge in [0, 0.05) is 18.3 Å². The van der Waals surface area contributed by atoms with Crippen molar-refractivity contribution in [3.8, 4) is 11.9 Å². The molecule has 4 saturated carbocycles. The Balaban J connectivity index is 1.13. The lowest BCUT2D eigenvalue weighted by atomic mass is 9.33. The number of carboxylic acid groups (broad SMARTS) is 1. The van der Waals surface area contributed by atoms with Crippen molar-refractivity contribution < 1.29 is 30.0 Å². The van der Waals surface area contributed by atoms with Crippen LogP contribution in [0.4, 0.5) is 0 Å². The van der Waals surface area contributed by atoms with Crippen LogP contribution in [0.25, 0.3) is 0 Å². The van der Waals surface area contributed by atoms with E-state index in [0.717, 1.165) is 32.1 Å². The third kappa shape index (κ3) is 6.15. The minimum absolute atomic E-state index is 0.0279. The van der Waals surface area contributed by atoms with Gasteiger partial charge < -0.3 is 30.5 Å². The summed E-state index contributed by atoms with van der Waals surface area (Å²) in [5, 5.41) is 53.5. The molecule has 0 saturated heterocycles. The van der Waals surface area contributed by atoms with Crippen LogP contribution in [0.3, 0.4) is 0 Å². The molecule has 6 aliphatic carbocycles. The number of aliphatic hydroxyl groups excluding tert-OH is 2. The molecule has 1 aromatic rings. The van der Waals surface area contributed by atoms with Gasteiger partial charge >= 0.3 is 5.97 Å². The molecule has 0 bridgehead atoms. The number of aliphatic carboxylic acids is 1. The smallest absolute Gasteiger partial charge is 0.313 e. The molecule has 9 nitrogen and oxygen atoms in total. The van der Waals surface area contributed by atoms with E-state index >= 15 is 0 Å². The predicted octanol–water partition coefficient (Wildman–Crippen LogP) is 7.72. The number of pyridine rings is 1. The molecule has 0 amide bonds. The molecule has 0 aliphatic heterocycles. The average molecular weight is 756 g/mol. The number of hydrogen-bond donors (Lipinski definition) is 5. The molecule has 300 valence electrons. The average Bonchev–Trinajstić information content (AvgIpc) is 3.53. The van der Waals surface area contributed by atoms with Crippen LogP contribution in [0.2, 0.25) is 0 Å². The lowest BCUT2D eigenvalue weighted by molar-refractivity contribution is -0.221. The van der Waals surface area contributed by atoms with Gasteiger partial charge in [0.1, 0.15) is 29.8 Å². The number of nitrogens with zero attached hydrogens (tertiary/aromatic N) is 2. The number of ether oxygens (including phenoxy) is 1. The molecule has 11 atom stereocenters. The summed E-state index contributed by atoms with van der Waals surface area (Å²) >= 11 is 0. The number of rotatable bonds is 10. The van der Waals surface area contributed by atoms with Gasteiger partial charge in [-0.2, -0.15) is 5.26 Å². The molecule has 6 aliphatic rings. The van der Waals surface area contributed by atoms with Crippen LogP contribution in [0.15, 0.2) is 53.8 Å². The summed E-state index contributed by atoms with van der Waals surface area (Å²) in [6.07, 6.45) is 14.9. The first-order chi connectivity index (χ1) is 25.9. The Bertz CT molecular complexity index is 1800. The van der Waals surface area contributed by atoms with Crippen molar-refractivity contribution in [3.63, 3.8) is 0 Å². The van der Waals surface area contributed by atoms with Crippen LogP contribution in [0.1, 0.15) is 124 Å². The topological polar surface area (TPSA) is 156 Å². The lowest BCUT2D eigenvalue weighted by Crippen LogP contribution is -2.68. The van der Waals surface area contributed by atoms with Gasteiger partial charge in [-0.1, -0.05) is 58.9 Å². The summed E-state index contributed by atoms with van der Waals surface area (Å²) in [4.78, 5) is 16.9. The van der Waals surface area contributed by atoms with Gasteiger partial charge in [-0.05, 0) is 159 Å². The zero-order chi connectivity index (χ0) is 39.8. The zero-order valence-corrected chi connectivity index (χ0v) is 34.0. The van der Waals surface area contributed by atoms with E-state index in [9.17, 15) is 30.5 Å². The summed E-state index contributed by atoms with van der Waals surface area (Å²) in [5.41, 5.74) is 3.43. The first-order valence-corrected chi connectivity index (χ1v) is 21.0. The molecule has 5 N–H and O–H groups in total. The first kappa shape index (κ1) is 40.2. The largest absolute Gasteiger partial charge is 0.481 e. The number of nitriles is 1. The maximum absolute atomic E-state index is 12.8. The van der Waals surface area contributed by atoms with Gasteiger partial charge in [-0.3, -0.25) is 4.79 Å². The van der Waals surface area contributed by atoms with Crippen molar-refractivity contribution in [2.45, 2.75) is 137 Å². The van der Waals surface area contributed by atoms with E-state index in [1.807, 2.05) is 0 Å². The fourth-order valence-electron chi connectivity index (χ4n) is 14.3. The highest BCUT2D eigenvalue weighted by molar-refractivity contribution is 5.75. The molecule has 55 heavy (non-hydrogen) atoms. The van der Waals surface area contributed by atoms with Crippen molar-refractivity contribution in [1.29, 1.82) is 5.26 Å². The summed E-state index contributed by atoms with van der Waals surface area (Å²) in [5.74, 6) is 1.74. The second kappa shape index (κ2) is 14.1. The van der Waals surface area contributed by atoms with E-state index in [1.54, 1.807) is 18.3 Å². The Kier molecular flexibility index (Phi) is 10.3. The molecule has 4 fully saturated rings. The van der Waals surface area contributed by atoms with Crippen molar-refractivity contribution in [2.75, 3.05) is 13.2 Å². The van der Waals surface area contributed by atoms with Crippen molar-refractivity contribution in [2.24, 2.45) is 56.7 Å². The van der Waals surface area contributed by atoms with Crippen molar-refractivity contribution in [3.05, 3.63) is 59.3 Å². The number of carbonyl (C=O) groups is 1. The van der Waals surface area contributed by atoms with E-state index in [-0.39, 0.29) is 46.2 Å². The minimum Gasteiger partial charge on any atom is -0.481 e. The van der Waals surface area contributed by atoms with E-state index in [2.05, 4.69) is 76.6 Å². The van der Waals surface area contributed by atoms with Crippen LogP contribution in [0.5, 0.6) is 5.88 Å². The quantitative estimate of drug-likeness (QED) is 0.119. The molecule has 0 aromatic carbocycles. The molecule has 7 rings (SSSR count). The van der Waals surface area contributed by atoms with Gasteiger partial charge in [0.05, 0.1) is 0 Å². The van der Waals surface area contributed by atoms with Crippen molar-refractivity contribution in [1.82, 2.24) is 10.3 Å². The maximum atomic E-state index is 12.8. The van der Waals surface area contributed by atoms with E-state index in [4.69, 9.17) is 4.74 Å². The van der Waals surface area contributed by atoms with Crippen LogP contribution in [0, 0.1) is 68.0 Å². The summed E-state index contributed by atoms with van der Waals surface area (Å²) < 4.78 is 5.92. The van der Waals surface area contributed by atoms with Crippen LogP contribution < -0.4 is 10.1 Å². The van der Waals surface area contributed by atoms with E-state index in [0.29, 0.717) is 54.4 Å². The molecule has 1 aromatic heterocycles. The molecular weight excluding hydrogens is 691 g/mol. The Hall–Kier alpha value is -3.03. The SMILES string of the molecule is C=C(C)[C@@H]1CC[C@]2(NC[C@@H](O)C(O)O)CC[C@]3(C)[C@H](CC[C@@H]4[C@@]5(C)CC=C(C6=CC[C@](COc7ncccc7C#N)(C(=O)O)CC6)C(C)(C)[C@@H]5CC[C@]43C)[C@@H]12. The minimum atomic E-state index is -1.75. The summed E-state index contributed by atoms with van der Waals surface area (Å²) in [6.45, 7) is 19.6. The highest BCUT2D eigenvalue weighted by Gasteiger charge is 2.70. The number of aromatic nitrogens is 1. The van der Waals surface area contributed by atoms with Gasteiger partial charge in [0.2, 0.25) is 5.88 Å². The molecule has 0 radical (unpaired) electrons. The second-order valence-corrected chi connectivity index (χ2v) is 20.0. The number of aliphatic hydroxyl groups is 3. The predicted molar refractivity (Wildman–Crippen MR) is 211 cm³/mol. The monoisotopic (exact) mass is 755 g/mol. The third-order valence-corrected chi connectivity index (χ3v) is 17.4. The standard InChI is InChI=1S/C46H65N3O6/c1-28(2)31-14-21-46(49-26-34(50)39(51)52)23-22-43(6)33(37(31)46)10-11-36-42(5)17-15-32(41(3,4)35(42)16-18-44(36,43)7)29-12-19-45(20-13-29,40(53)54)27-55-38-30(25-47)9-8-24-48-38/h8-9,12,15,24,31,33-37,39,49-52H,1,10-11,13-14,16-23,26-27H2,2-7H3,(H,53,54)/t31-,33+,34+,35-,36+,37+,42-,43+,44+,45-,46-/m0/s1. The van der Waals surface area contributed by atoms with Crippen molar-refractivity contribution >= 4 is 5.97 Å². The molecule has 1 heterocycles. The summed E-state index contributed by atoms with van der Waals surface area (Å²) in [7, 11) is 0. The number of hydrogen-bond acceptors (Lipinski definition) is 8. The normalized spacial score (nSPS) is 41.0. The Morgan fingerprint density at radius 2 is 1.76 bits per heavy atom. The second-order valence-electron chi connectivity index (χ2n) is 20.0. The number of β-amino-alcohol motifs (C(OH)–C–C–N with tert-alkyl or cyclic N) is 1. The number of carboxylic acids is 1. The molecule has 9 heteroatoms. The van der Waals surface area contributed by atoms with Gasteiger partial charge in [0.15, 0.2) is 6.29 Å². The van der Waals surface area contributed by atoms with Crippen LogP contribution in [-0.2, 0) is 4.79 Å². The Labute approximate surface area is 328 Å². The fourth-order valence-corrected chi connectivity index (χ4v) is 14.3. The zero-order valence-electron chi connectivity index (χ0n) is 34.0. The first-order valence-electron chi connectivity index (χ1n) is 21.0. The molecular formula is C46H65N3O6. The summed E-state index contributed by atoms with van der Waals surface area (Å²) in [6, 6.07) is 5.40. The van der Waals surface area contributed by atoms with E-state index < -0.39 is 23.8 Å². The fraction of sp³-hybridized carbons (Fsp3) is 0.717. The maximum Gasteiger partial charge on any atom is 0.313 e. The highest BCUT2D eigenvalue weighted by Crippen LogP contribution is 2.76. The number of allylic oxidation sites excluding steroid dienone is 5.